The first-order valence-corrected chi connectivity index (χ1v) is 7.49. The maximum atomic E-state index is 12.0. The minimum Gasteiger partial charge on any atom is -0.399 e. The Bertz CT molecular complexity index is 676. The fraction of sp³-hybridized carbons (Fsp3) is 0.222. The Labute approximate surface area is 135 Å². The lowest BCUT2D eigenvalue weighted by Gasteiger charge is -2.09. The molecule has 0 saturated carbocycles. The van der Waals surface area contributed by atoms with Crippen LogP contribution in [0, 0.1) is 5.92 Å². The van der Waals surface area contributed by atoms with Crippen LogP contribution in [-0.2, 0) is 16.0 Å². The third-order valence-corrected chi connectivity index (χ3v) is 3.30. The molecule has 23 heavy (non-hydrogen) atoms. The summed E-state index contributed by atoms with van der Waals surface area (Å²) in [4.78, 5) is 23.6. The topological polar surface area (TPSA) is 84.2 Å². The van der Waals surface area contributed by atoms with Gasteiger partial charge < -0.3 is 16.4 Å². The van der Waals surface area contributed by atoms with Gasteiger partial charge in [-0.3, -0.25) is 9.59 Å². The maximum Gasteiger partial charge on any atom is 0.228 e. The van der Waals surface area contributed by atoms with Crippen LogP contribution in [0.3, 0.4) is 0 Å². The van der Waals surface area contributed by atoms with Crippen LogP contribution in [0.4, 0.5) is 17.1 Å². The number of amides is 2. The van der Waals surface area contributed by atoms with Gasteiger partial charge in [0.05, 0.1) is 6.42 Å². The third kappa shape index (κ3) is 5.14. The Balaban J connectivity index is 1.91. The average molecular weight is 311 g/mol. The maximum absolute atomic E-state index is 12.0. The van der Waals surface area contributed by atoms with Crippen LogP contribution >= 0.6 is 0 Å². The first-order valence-electron chi connectivity index (χ1n) is 7.49. The Morgan fingerprint density at radius 2 is 1.43 bits per heavy atom. The van der Waals surface area contributed by atoms with E-state index in [1.807, 2.05) is 26.0 Å². The fourth-order valence-electron chi connectivity index (χ4n) is 1.95. The number of nitrogen functional groups attached to an aromatic ring is 1. The minimum absolute atomic E-state index is 0.0369. The van der Waals surface area contributed by atoms with Gasteiger partial charge in [-0.15, -0.1) is 0 Å². The summed E-state index contributed by atoms with van der Waals surface area (Å²) in [5.74, 6) is -0.215. The number of carbonyl (C=O) groups is 2. The number of carbonyl (C=O) groups excluding carboxylic acids is 2. The molecule has 0 aliphatic heterocycles. The highest BCUT2D eigenvalue weighted by Crippen LogP contribution is 2.15. The summed E-state index contributed by atoms with van der Waals surface area (Å²) >= 11 is 0. The molecule has 5 heteroatoms. The second-order valence-corrected chi connectivity index (χ2v) is 5.69. The van der Waals surface area contributed by atoms with Crippen LogP contribution in [0.25, 0.3) is 0 Å². The lowest BCUT2D eigenvalue weighted by Crippen LogP contribution is -2.18. The van der Waals surface area contributed by atoms with E-state index in [1.165, 1.54) is 0 Å². The molecule has 0 aliphatic rings. The number of nitrogens with two attached hydrogens (primary N) is 1. The van der Waals surface area contributed by atoms with Crippen molar-refractivity contribution in [2.45, 2.75) is 20.3 Å². The molecule has 0 saturated heterocycles. The molecular formula is C18H21N3O2. The molecule has 0 unspecified atom stereocenters. The van der Waals surface area contributed by atoms with Crippen LogP contribution in [0.1, 0.15) is 19.4 Å². The smallest absolute Gasteiger partial charge is 0.228 e. The molecular weight excluding hydrogens is 290 g/mol. The summed E-state index contributed by atoms with van der Waals surface area (Å²) in [6.07, 6.45) is 0.284. The van der Waals surface area contributed by atoms with Gasteiger partial charge in [0.2, 0.25) is 11.8 Å². The van der Waals surface area contributed by atoms with Crippen molar-refractivity contribution in [1.82, 2.24) is 0 Å². The van der Waals surface area contributed by atoms with Crippen molar-refractivity contribution in [3.63, 3.8) is 0 Å². The Morgan fingerprint density at radius 1 is 0.913 bits per heavy atom. The number of rotatable bonds is 5. The van der Waals surface area contributed by atoms with Gasteiger partial charge in [0, 0.05) is 23.0 Å². The van der Waals surface area contributed by atoms with E-state index in [0.29, 0.717) is 17.1 Å². The van der Waals surface area contributed by atoms with Gasteiger partial charge in [0.25, 0.3) is 0 Å². The van der Waals surface area contributed by atoms with E-state index in [2.05, 4.69) is 10.6 Å². The second kappa shape index (κ2) is 7.45. The van der Waals surface area contributed by atoms with Gasteiger partial charge in [-0.1, -0.05) is 26.0 Å². The lowest BCUT2D eigenvalue weighted by atomic mass is 10.1. The molecule has 0 bridgehead atoms. The molecule has 0 fully saturated rings. The Hall–Kier alpha value is -2.82. The van der Waals surface area contributed by atoms with Gasteiger partial charge in [-0.2, -0.15) is 0 Å². The Morgan fingerprint density at radius 3 is 1.96 bits per heavy atom. The Kier molecular flexibility index (Phi) is 5.36. The zero-order chi connectivity index (χ0) is 16.8. The third-order valence-electron chi connectivity index (χ3n) is 3.30. The van der Waals surface area contributed by atoms with Crippen molar-refractivity contribution in [2.24, 2.45) is 5.92 Å². The first-order chi connectivity index (χ1) is 10.9. The van der Waals surface area contributed by atoms with Crippen molar-refractivity contribution >= 4 is 28.9 Å². The molecule has 120 valence electrons. The standard InChI is InChI=1S/C18H21N3O2/c1-12(2)18(23)21-16-9-7-15(8-10-16)20-17(22)11-13-3-5-14(19)6-4-13/h3-10,12H,11,19H2,1-2H3,(H,20,22)(H,21,23). The molecule has 4 N–H and O–H groups in total. The molecule has 0 aromatic heterocycles. The van der Waals surface area contributed by atoms with E-state index in [9.17, 15) is 9.59 Å². The highest BCUT2D eigenvalue weighted by atomic mass is 16.2. The quantitative estimate of drug-likeness (QED) is 0.742. The van der Waals surface area contributed by atoms with Crippen molar-refractivity contribution in [2.75, 3.05) is 16.4 Å². The SMILES string of the molecule is CC(C)C(=O)Nc1ccc(NC(=O)Cc2ccc(N)cc2)cc1. The highest BCUT2D eigenvalue weighted by molar-refractivity contribution is 5.94. The van der Waals surface area contributed by atoms with Crippen molar-refractivity contribution < 1.29 is 9.59 Å². The van der Waals surface area contributed by atoms with Gasteiger partial charge in [-0.05, 0) is 42.0 Å². The van der Waals surface area contributed by atoms with Crippen molar-refractivity contribution in [1.29, 1.82) is 0 Å². The molecule has 0 atom stereocenters. The van der Waals surface area contributed by atoms with E-state index in [4.69, 9.17) is 5.73 Å². The number of anilines is 3. The fourth-order valence-corrected chi connectivity index (χ4v) is 1.95. The van der Waals surface area contributed by atoms with Crippen LogP contribution in [0.2, 0.25) is 0 Å². The van der Waals surface area contributed by atoms with Crippen molar-refractivity contribution in [3.8, 4) is 0 Å². The molecule has 0 radical (unpaired) electrons. The number of hydrogen-bond acceptors (Lipinski definition) is 3. The molecule has 2 rings (SSSR count). The van der Waals surface area contributed by atoms with Gasteiger partial charge in [-0.25, -0.2) is 0 Å². The lowest BCUT2D eigenvalue weighted by molar-refractivity contribution is -0.119. The van der Waals surface area contributed by atoms with E-state index >= 15 is 0 Å². The number of benzene rings is 2. The van der Waals surface area contributed by atoms with Crippen LogP contribution in [0.15, 0.2) is 48.5 Å². The van der Waals surface area contributed by atoms with Crippen molar-refractivity contribution in [3.05, 3.63) is 54.1 Å². The number of hydrogen-bond donors (Lipinski definition) is 3. The number of nitrogens with one attached hydrogen (secondary N) is 2. The first kappa shape index (κ1) is 16.5. The molecule has 2 aromatic carbocycles. The van der Waals surface area contributed by atoms with Gasteiger partial charge in [0.15, 0.2) is 0 Å². The summed E-state index contributed by atoms with van der Waals surface area (Å²) in [5, 5.41) is 5.63. The van der Waals surface area contributed by atoms with Crippen LogP contribution in [-0.4, -0.2) is 11.8 Å². The predicted molar refractivity (Wildman–Crippen MR) is 93.1 cm³/mol. The van der Waals surface area contributed by atoms with E-state index in [0.717, 1.165) is 5.56 Å². The van der Waals surface area contributed by atoms with Crippen LogP contribution in [0.5, 0.6) is 0 Å². The summed E-state index contributed by atoms with van der Waals surface area (Å²) < 4.78 is 0. The summed E-state index contributed by atoms with van der Waals surface area (Å²) in [6, 6.07) is 14.3. The molecule has 2 aromatic rings. The summed E-state index contributed by atoms with van der Waals surface area (Å²) in [7, 11) is 0. The monoisotopic (exact) mass is 311 g/mol. The average Bonchev–Trinajstić information content (AvgIpc) is 2.51. The van der Waals surface area contributed by atoms with Crippen LogP contribution < -0.4 is 16.4 Å². The zero-order valence-electron chi connectivity index (χ0n) is 13.3. The van der Waals surface area contributed by atoms with Gasteiger partial charge >= 0.3 is 0 Å². The second-order valence-electron chi connectivity index (χ2n) is 5.69. The minimum atomic E-state index is -0.103. The molecule has 0 spiro atoms. The largest absolute Gasteiger partial charge is 0.399 e. The van der Waals surface area contributed by atoms with Gasteiger partial charge in [0.1, 0.15) is 0 Å². The summed E-state index contributed by atoms with van der Waals surface area (Å²) in [5.41, 5.74) is 8.59. The highest BCUT2D eigenvalue weighted by Gasteiger charge is 2.08. The molecule has 0 aliphatic carbocycles. The molecule has 5 nitrogen and oxygen atoms in total. The predicted octanol–water partition coefficient (Wildman–Crippen LogP) is 3.04. The zero-order valence-corrected chi connectivity index (χ0v) is 13.3. The normalized spacial score (nSPS) is 10.4. The molecule has 2 amide bonds. The van der Waals surface area contributed by atoms with E-state index in [-0.39, 0.29) is 24.2 Å². The molecule has 0 heterocycles. The van der Waals surface area contributed by atoms with E-state index in [1.54, 1.807) is 36.4 Å². The summed E-state index contributed by atoms with van der Waals surface area (Å²) in [6.45, 7) is 3.67. The van der Waals surface area contributed by atoms with E-state index < -0.39 is 0 Å².